The molecule has 12 heavy (non-hydrogen) atoms. The van der Waals surface area contributed by atoms with Gasteiger partial charge in [-0.05, 0) is 31.8 Å². The Bertz CT molecular complexity index is 187. The maximum absolute atomic E-state index is 5.30. The number of nitrogens with one attached hydrogen (secondary N) is 2. The lowest BCUT2D eigenvalue weighted by Gasteiger charge is -2.20. The van der Waals surface area contributed by atoms with Gasteiger partial charge in [0.05, 0.1) is 6.61 Å². The van der Waals surface area contributed by atoms with Gasteiger partial charge < -0.3 is 10.1 Å². The van der Waals surface area contributed by atoms with Crippen LogP contribution in [0.5, 0.6) is 0 Å². The zero-order valence-electron chi connectivity index (χ0n) is 7.55. The lowest BCUT2D eigenvalue weighted by molar-refractivity contribution is 0.169. The minimum Gasteiger partial charge on any atom is -0.377 e. The summed E-state index contributed by atoms with van der Waals surface area (Å²) in [5.41, 5.74) is 1.15. The van der Waals surface area contributed by atoms with E-state index >= 15 is 0 Å². The second-order valence-electron chi connectivity index (χ2n) is 2.46. The molecule has 1 aliphatic heterocycles. The van der Waals surface area contributed by atoms with Gasteiger partial charge in [0.1, 0.15) is 0 Å². The van der Waals surface area contributed by atoms with E-state index in [0.29, 0.717) is 6.61 Å². The Kier molecular flexibility index (Phi) is 3.84. The van der Waals surface area contributed by atoms with Crippen molar-refractivity contribution in [3.63, 3.8) is 0 Å². The minimum absolute atomic E-state index is 0.657. The van der Waals surface area contributed by atoms with Crippen molar-refractivity contribution in [3.8, 4) is 0 Å². The van der Waals surface area contributed by atoms with E-state index in [1.54, 1.807) is 0 Å². The second-order valence-corrected chi connectivity index (χ2v) is 2.46. The molecule has 0 saturated heterocycles. The molecule has 1 aliphatic rings. The van der Waals surface area contributed by atoms with Crippen molar-refractivity contribution in [1.82, 2.24) is 10.6 Å². The van der Waals surface area contributed by atoms with Crippen LogP contribution in [-0.4, -0.2) is 20.3 Å². The lowest BCUT2D eigenvalue weighted by atomic mass is 10.1. The standard InChI is InChI=1S/C9H15N2O/c1-3-12-7-8-5-4-6-11-9(8)10-2/h4-6,10-11H,3,7H2,1-2H3. The van der Waals surface area contributed by atoms with E-state index in [9.17, 15) is 0 Å². The largest absolute Gasteiger partial charge is 0.377 e. The van der Waals surface area contributed by atoms with Crippen LogP contribution in [0.15, 0.2) is 23.9 Å². The first-order valence-corrected chi connectivity index (χ1v) is 4.13. The van der Waals surface area contributed by atoms with E-state index in [0.717, 1.165) is 18.3 Å². The van der Waals surface area contributed by atoms with Gasteiger partial charge in [0.2, 0.25) is 0 Å². The molecule has 0 unspecified atom stereocenters. The van der Waals surface area contributed by atoms with Crippen LogP contribution >= 0.6 is 0 Å². The summed E-state index contributed by atoms with van der Waals surface area (Å²) < 4.78 is 5.30. The maximum atomic E-state index is 5.30. The predicted octanol–water partition coefficient (Wildman–Crippen LogP) is 0.775. The molecular formula is C9H15N2O. The third kappa shape index (κ3) is 2.36. The third-order valence-corrected chi connectivity index (χ3v) is 1.65. The molecule has 0 atom stereocenters. The van der Waals surface area contributed by atoms with Gasteiger partial charge >= 0.3 is 0 Å². The molecule has 3 heteroatoms. The number of hydrogen-bond acceptors (Lipinski definition) is 3. The fourth-order valence-corrected chi connectivity index (χ4v) is 1.04. The number of allylic oxidation sites excluding steroid dienone is 2. The van der Waals surface area contributed by atoms with Gasteiger partial charge in [0.25, 0.3) is 0 Å². The molecular weight excluding hydrogens is 152 g/mol. The predicted molar refractivity (Wildman–Crippen MR) is 49.2 cm³/mol. The van der Waals surface area contributed by atoms with Crippen LogP contribution in [0.2, 0.25) is 0 Å². The highest BCUT2D eigenvalue weighted by atomic mass is 16.5. The minimum atomic E-state index is 0.657. The first kappa shape index (κ1) is 9.29. The average molecular weight is 167 g/mol. The average Bonchev–Trinajstić information content (AvgIpc) is 2.15. The number of ether oxygens (including phenoxy) is 1. The van der Waals surface area contributed by atoms with Gasteiger partial charge in [-0.3, -0.25) is 5.32 Å². The summed E-state index contributed by atoms with van der Waals surface area (Å²) in [5.74, 6) is 0. The molecule has 0 aliphatic carbocycles. The third-order valence-electron chi connectivity index (χ3n) is 1.65. The van der Waals surface area contributed by atoms with E-state index in [1.807, 2.05) is 32.3 Å². The Morgan fingerprint density at radius 2 is 2.42 bits per heavy atom. The molecule has 0 aromatic rings. The van der Waals surface area contributed by atoms with Crippen molar-refractivity contribution in [2.45, 2.75) is 6.92 Å². The monoisotopic (exact) mass is 167 g/mol. The molecule has 0 spiro atoms. The lowest BCUT2D eigenvalue weighted by Crippen LogP contribution is -2.33. The van der Waals surface area contributed by atoms with E-state index in [2.05, 4.69) is 10.6 Å². The van der Waals surface area contributed by atoms with Crippen molar-refractivity contribution in [3.05, 3.63) is 30.1 Å². The molecule has 1 radical (unpaired) electrons. The highest BCUT2D eigenvalue weighted by Gasteiger charge is 2.12. The summed E-state index contributed by atoms with van der Waals surface area (Å²) in [6.07, 6.45) is 6.92. The highest BCUT2D eigenvalue weighted by molar-refractivity contribution is 5.31. The molecule has 3 nitrogen and oxygen atoms in total. The zero-order valence-corrected chi connectivity index (χ0v) is 7.55. The Labute approximate surface area is 73.5 Å². The molecule has 0 aromatic carbocycles. The SMILES string of the molecule is CCOCC1=CC=CN[C]1NC. The van der Waals surface area contributed by atoms with Gasteiger partial charge in [-0.25, -0.2) is 0 Å². The maximum Gasteiger partial charge on any atom is 0.154 e. The van der Waals surface area contributed by atoms with Gasteiger partial charge in [0.15, 0.2) is 6.17 Å². The molecule has 1 heterocycles. The molecule has 0 amide bonds. The van der Waals surface area contributed by atoms with Crippen LogP contribution in [0.4, 0.5) is 0 Å². The van der Waals surface area contributed by atoms with Gasteiger partial charge in [-0.15, -0.1) is 0 Å². The Morgan fingerprint density at radius 1 is 1.58 bits per heavy atom. The molecule has 1 rings (SSSR count). The van der Waals surface area contributed by atoms with Crippen LogP contribution in [0.25, 0.3) is 0 Å². The summed E-state index contributed by atoms with van der Waals surface area (Å²) in [7, 11) is 1.89. The normalized spacial score (nSPS) is 17.3. The Morgan fingerprint density at radius 3 is 3.08 bits per heavy atom. The van der Waals surface area contributed by atoms with Gasteiger partial charge in [-0.1, -0.05) is 6.08 Å². The molecule has 0 bridgehead atoms. The molecule has 2 N–H and O–H groups in total. The van der Waals surface area contributed by atoms with Gasteiger partial charge in [0, 0.05) is 6.61 Å². The molecule has 0 fully saturated rings. The number of likely N-dealkylation sites (N-methyl/N-ethyl adjacent to an activating group) is 1. The van der Waals surface area contributed by atoms with E-state index < -0.39 is 0 Å². The fourth-order valence-electron chi connectivity index (χ4n) is 1.04. The molecule has 67 valence electrons. The number of dihydropyridines is 1. The quantitative estimate of drug-likeness (QED) is 0.649. The Hall–Kier alpha value is -0.800. The number of rotatable bonds is 4. The first-order valence-electron chi connectivity index (χ1n) is 4.13. The van der Waals surface area contributed by atoms with E-state index in [4.69, 9.17) is 4.74 Å². The number of hydrogen-bond donors (Lipinski definition) is 2. The molecule has 0 saturated carbocycles. The van der Waals surface area contributed by atoms with Crippen LogP contribution in [0.1, 0.15) is 6.92 Å². The summed E-state index contributed by atoms with van der Waals surface area (Å²) in [6.45, 7) is 3.40. The topological polar surface area (TPSA) is 33.3 Å². The van der Waals surface area contributed by atoms with Crippen molar-refractivity contribution in [1.29, 1.82) is 0 Å². The molecule has 0 aromatic heterocycles. The van der Waals surface area contributed by atoms with Crippen LogP contribution in [0, 0.1) is 6.17 Å². The van der Waals surface area contributed by atoms with Crippen molar-refractivity contribution in [2.24, 2.45) is 0 Å². The van der Waals surface area contributed by atoms with Crippen LogP contribution < -0.4 is 10.6 Å². The van der Waals surface area contributed by atoms with Crippen molar-refractivity contribution >= 4 is 0 Å². The smallest absolute Gasteiger partial charge is 0.154 e. The van der Waals surface area contributed by atoms with Crippen molar-refractivity contribution < 1.29 is 4.74 Å². The highest BCUT2D eigenvalue weighted by Crippen LogP contribution is 2.10. The second kappa shape index (κ2) is 4.95. The van der Waals surface area contributed by atoms with Crippen molar-refractivity contribution in [2.75, 3.05) is 20.3 Å². The summed E-state index contributed by atoms with van der Waals surface area (Å²) in [5, 5.41) is 6.17. The van der Waals surface area contributed by atoms with E-state index in [-0.39, 0.29) is 0 Å². The van der Waals surface area contributed by atoms with E-state index in [1.165, 1.54) is 0 Å². The Balaban J connectivity index is 2.45. The summed E-state index contributed by atoms with van der Waals surface area (Å²) in [4.78, 5) is 0. The first-order chi connectivity index (χ1) is 5.88. The van der Waals surface area contributed by atoms with Crippen LogP contribution in [0.3, 0.4) is 0 Å². The zero-order chi connectivity index (χ0) is 8.81. The van der Waals surface area contributed by atoms with Gasteiger partial charge in [-0.2, -0.15) is 0 Å². The van der Waals surface area contributed by atoms with Crippen LogP contribution in [-0.2, 0) is 4.74 Å². The summed E-state index contributed by atoms with van der Waals surface area (Å²) in [6, 6.07) is 0. The summed E-state index contributed by atoms with van der Waals surface area (Å²) >= 11 is 0. The fraction of sp³-hybridized carbons (Fsp3) is 0.444.